The number of ether oxygens (including phenoxy) is 1. The summed E-state index contributed by atoms with van der Waals surface area (Å²) in [7, 11) is -1.87. The highest BCUT2D eigenvalue weighted by Crippen LogP contribution is 2.38. The standard InChI is InChI=1S/C16H17NO3S/c1-20-16-11-12-17(15-10-6-5-9-14(15)16)21(18,19)13-7-3-2-4-8-13/h2-10,16H,11-12H2,1H3. The van der Waals surface area contributed by atoms with Crippen LogP contribution in [0.3, 0.4) is 0 Å². The normalized spacial score (nSPS) is 18.3. The molecule has 110 valence electrons. The highest BCUT2D eigenvalue weighted by molar-refractivity contribution is 7.92. The second-order valence-electron chi connectivity index (χ2n) is 4.96. The van der Waals surface area contributed by atoms with E-state index in [-0.39, 0.29) is 6.10 Å². The first-order valence-electron chi connectivity index (χ1n) is 6.84. The van der Waals surface area contributed by atoms with Crippen LogP contribution in [0.5, 0.6) is 0 Å². The summed E-state index contributed by atoms with van der Waals surface area (Å²) < 4.78 is 32.6. The molecule has 0 N–H and O–H groups in total. The smallest absolute Gasteiger partial charge is 0.264 e. The second-order valence-corrected chi connectivity index (χ2v) is 6.82. The molecule has 2 aromatic carbocycles. The topological polar surface area (TPSA) is 46.6 Å². The van der Waals surface area contributed by atoms with Crippen LogP contribution in [0.25, 0.3) is 0 Å². The third kappa shape index (κ3) is 2.43. The molecule has 4 nitrogen and oxygen atoms in total. The lowest BCUT2D eigenvalue weighted by atomic mass is 10.0. The summed E-state index contributed by atoms with van der Waals surface area (Å²) in [5, 5.41) is 0. The number of hydrogen-bond acceptors (Lipinski definition) is 3. The van der Waals surface area contributed by atoms with Gasteiger partial charge in [0, 0.05) is 19.2 Å². The summed E-state index contributed by atoms with van der Waals surface area (Å²) in [4.78, 5) is 0.315. The Hall–Kier alpha value is -1.85. The van der Waals surface area contributed by atoms with Crippen molar-refractivity contribution < 1.29 is 13.2 Å². The van der Waals surface area contributed by atoms with Crippen molar-refractivity contribution in [3.8, 4) is 0 Å². The Morgan fingerprint density at radius 2 is 1.71 bits per heavy atom. The first kappa shape index (κ1) is 14.1. The van der Waals surface area contributed by atoms with E-state index in [4.69, 9.17) is 4.74 Å². The van der Waals surface area contributed by atoms with E-state index < -0.39 is 10.0 Å². The molecule has 1 heterocycles. The first-order chi connectivity index (χ1) is 10.1. The van der Waals surface area contributed by atoms with E-state index in [0.717, 1.165) is 5.56 Å². The van der Waals surface area contributed by atoms with Crippen LogP contribution < -0.4 is 4.31 Å². The molecular weight excluding hydrogens is 286 g/mol. The van der Waals surface area contributed by atoms with E-state index in [0.29, 0.717) is 23.5 Å². The van der Waals surface area contributed by atoms with Gasteiger partial charge in [-0.1, -0.05) is 36.4 Å². The van der Waals surface area contributed by atoms with Gasteiger partial charge in [0.05, 0.1) is 16.7 Å². The minimum absolute atomic E-state index is 0.0524. The summed E-state index contributed by atoms with van der Waals surface area (Å²) in [6.07, 6.45) is 0.600. The van der Waals surface area contributed by atoms with Crippen LogP contribution in [0.2, 0.25) is 0 Å². The Bertz CT molecular complexity index is 728. The van der Waals surface area contributed by atoms with Gasteiger partial charge in [-0.15, -0.1) is 0 Å². The molecule has 1 aliphatic rings. The number of hydrogen-bond donors (Lipinski definition) is 0. The van der Waals surface area contributed by atoms with Crippen molar-refractivity contribution in [2.75, 3.05) is 18.0 Å². The second kappa shape index (κ2) is 5.50. The zero-order valence-electron chi connectivity index (χ0n) is 11.8. The van der Waals surface area contributed by atoms with E-state index in [2.05, 4.69) is 0 Å². The van der Waals surface area contributed by atoms with Crippen LogP contribution in [0.1, 0.15) is 18.1 Å². The molecule has 0 saturated carbocycles. The van der Waals surface area contributed by atoms with E-state index in [1.165, 1.54) is 4.31 Å². The van der Waals surface area contributed by atoms with Crippen LogP contribution in [0.15, 0.2) is 59.5 Å². The molecule has 0 aromatic heterocycles. The Labute approximate surface area is 125 Å². The quantitative estimate of drug-likeness (QED) is 0.876. The summed E-state index contributed by atoms with van der Waals surface area (Å²) >= 11 is 0. The van der Waals surface area contributed by atoms with Crippen molar-refractivity contribution in [1.29, 1.82) is 0 Å². The Morgan fingerprint density at radius 3 is 2.43 bits per heavy atom. The molecule has 0 spiro atoms. The molecule has 0 aliphatic carbocycles. The lowest BCUT2D eigenvalue weighted by Crippen LogP contribution is -2.37. The number of rotatable bonds is 3. The zero-order chi connectivity index (χ0) is 14.9. The molecule has 0 radical (unpaired) electrons. The molecule has 1 unspecified atom stereocenters. The van der Waals surface area contributed by atoms with Crippen LogP contribution in [0.4, 0.5) is 5.69 Å². The van der Waals surface area contributed by atoms with Crippen LogP contribution in [0, 0.1) is 0 Å². The molecule has 21 heavy (non-hydrogen) atoms. The highest BCUT2D eigenvalue weighted by Gasteiger charge is 2.32. The van der Waals surface area contributed by atoms with Crippen LogP contribution in [-0.4, -0.2) is 22.1 Å². The fourth-order valence-corrected chi connectivity index (χ4v) is 4.24. The number of methoxy groups -OCH3 is 1. The summed E-state index contributed by atoms with van der Waals surface area (Å²) in [5.74, 6) is 0. The average Bonchev–Trinajstić information content (AvgIpc) is 2.54. The molecule has 3 rings (SSSR count). The highest BCUT2D eigenvalue weighted by atomic mass is 32.2. The summed E-state index contributed by atoms with van der Waals surface area (Å²) in [6.45, 7) is 0.423. The molecule has 0 bridgehead atoms. The molecule has 0 saturated heterocycles. The van der Waals surface area contributed by atoms with Crippen molar-refractivity contribution in [3.63, 3.8) is 0 Å². The number of fused-ring (bicyclic) bond motifs is 1. The van der Waals surface area contributed by atoms with Crippen molar-refractivity contribution >= 4 is 15.7 Å². The van der Waals surface area contributed by atoms with Crippen molar-refractivity contribution in [3.05, 3.63) is 60.2 Å². The van der Waals surface area contributed by atoms with E-state index in [1.54, 1.807) is 31.4 Å². The van der Waals surface area contributed by atoms with Crippen molar-refractivity contribution in [1.82, 2.24) is 0 Å². The maximum atomic E-state index is 12.8. The van der Waals surface area contributed by atoms with Gasteiger partial charge in [-0.25, -0.2) is 8.42 Å². The number of sulfonamides is 1. The fraction of sp³-hybridized carbons (Fsp3) is 0.250. The molecule has 0 amide bonds. The molecule has 5 heteroatoms. The molecular formula is C16H17NO3S. The van der Waals surface area contributed by atoms with Crippen molar-refractivity contribution in [2.45, 2.75) is 17.4 Å². The Balaban J connectivity index is 2.08. The van der Waals surface area contributed by atoms with E-state index in [9.17, 15) is 8.42 Å². The predicted octanol–water partition coefficient (Wildman–Crippen LogP) is 2.97. The van der Waals surface area contributed by atoms with Gasteiger partial charge >= 0.3 is 0 Å². The molecule has 2 aromatic rings. The maximum absolute atomic E-state index is 12.8. The van der Waals surface area contributed by atoms with Gasteiger partial charge < -0.3 is 4.74 Å². The number of anilines is 1. The van der Waals surface area contributed by atoms with Gasteiger partial charge in [0.1, 0.15) is 0 Å². The third-order valence-electron chi connectivity index (χ3n) is 3.76. The maximum Gasteiger partial charge on any atom is 0.264 e. The number of nitrogens with zero attached hydrogens (tertiary/aromatic N) is 1. The minimum Gasteiger partial charge on any atom is -0.377 e. The van der Waals surface area contributed by atoms with E-state index in [1.807, 2.05) is 30.3 Å². The lowest BCUT2D eigenvalue weighted by molar-refractivity contribution is 0.0951. The Morgan fingerprint density at radius 1 is 1.05 bits per heavy atom. The zero-order valence-corrected chi connectivity index (χ0v) is 12.6. The van der Waals surface area contributed by atoms with Crippen LogP contribution in [-0.2, 0) is 14.8 Å². The van der Waals surface area contributed by atoms with Gasteiger partial charge in [-0.2, -0.15) is 0 Å². The monoisotopic (exact) mass is 303 g/mol. The Kier molecular flexibility index (Phi) is 3.69. The van der Waals surface area contributed by atoms with Gasteiger partial charge in [-0.05, 0) is 24.6 Å². The minimum atomic E-state index is -3.53. The summed E-state index contributed by atoms with van der Waals surface area (Å²) in [6, 6.07) is 16.1. The lowest BCUT2D eigenvalue weighted by Gasteiger charge is -2.34. The van der Waals surface area contributed by atoms with Gasteiger partial charge in [-0.3, -0.25) is 4.31 Å². The van der Waals surface area contributed by atoms with Crippen molar-refractivity contribution in [2.24, 2.45) is 0 Å². The third-order valence-corrected chi connectivity index (χ3v) is 5.59. The number of benzene rings is 2. The molecule has 1 atom stereocenters. The molecule has 0 fully saturated rings. The SMILES string of the molecule is COC1CCN(S(=O)(=O)c2ccccc2)c2ccccc21. The van der Waals surface area contributed by atoms with Gasteiger partial charge in [0.15, 0.2) is 0 Å². The van der Waals surface area contributed by atoms with Crippen LogP contribution >= 0.6 is 0 Å². The molecule has 1 aliphatic heterocycles. The first-order valence-corrected chi connectivity index (χ1v) is 8.28. The average molecular weight is 303 g/mol. The fourth-order valence-electron chi connectivity index (χ4n) is 2.71. The van der Waals surface area contributed by atoms with E-state index >= 15 is 0 Å². The largest absolute Gasteiger partial charge is 0.377 e. The van der Waals surface area contributed by atoms with Gasteiger partial charge in [0.25, 0.3) is 10.0 Å². The number of para-hydroxylation sites is 1. The van der Waals surface area contributed by atoms with Gasteiger partial charge in [0.2, 0.25) is 0 Å². The summed E-state index contributed by atoms with van der Waals surface area (Å²) in [5.41, 5.74) is 1.63. The predicted molar refractivity (Wildman–Crippen MR) is 81.8 cm³/mol.